The number of amides is 2. The van der Waals surface area contributed by atoms with Crippen LogP contribution in [0.3, 0.4) is 0 Å². The van der Waals surface area contributed by atoms with Crippen LogP contribution in [0.25, 0.3) is 0 Å². The van der Waals surface area contributed by atoms with Gasteiger partial charge in [-0.1, -0.05) is 23.7 Å². The van der Waals surface area contributed by atoms with Gasteiger partial charge in [0, 0.05) is 10.7 Å². The molecule has 0 aromatic heterocycles. The van der Waals surface area contributed by atoms with Gasteiger partial charge in [-0.25, -0.2) is 35.9 Å². The molecule has 3 rings (SSSR count). The number of anilines is 1. The number of primary sulfonamides is 1. The number of nitrogens with one attached hydrogen (secondary N) is 2. The number of hydrogen-bond acceptors (Lipinski definition) is 7. The minimum Gasteiger partial charge on any atom is -0.483 e. The number of carbonyl (C=O) groups excluding carboxylic acids is 1. The Morgan fingerprint density at radius 1 is 1.03 bits per heavy atom. The lowest BCUT2D eigenvalue weighted by molar-refractivity contribution is -0.118. The summed E-state index contributed by atoms with van der Waals surface area (Å²) in [6.07, 6.45) is -1.68. The molecule has 2 amide bonds. The fourth-order valence-corrected chi connectivity index (χ4v) is 4.36. The molecule has 15 heteroatoms. The maximum atomic E-state index is 12.6. The van der Waals surface area contributed by atoms with E-state index in [-0.39, 0.29) is 11.5 Å². The Hall–Kier alpha value is -3.72. The van der Waals surface area contributed by atoms with Crippen LogP contribution in [0.2, 0.25) is 5.02 Å². The van der Waals surface area contributed by atoms with Gasteiger partial charge in [0.1, 0.15) is 16.5 Å². The second kappa shape index (κ2) is 12.5. The first-order valence-corrected chi connectivity index (χ1v) is 13.4. The van der Waals surface area contributed by atoms with Crippen LogP contribution in [0.1, 0.15) is 5.56 Å². The fraction of sp³-hybridized carbons (Fsp3) is 0.0909. The molecule has 0 aliphatic heterocycles. The summed E-state index contributed by atoms with van der Waals surface area (Å²) in [6, 6.07) is 15.0. The van der Waals surface area contributed by atoms with Crippen molar-refractivity contribution in [2.24, 2.45) is 5.14 Å². The summed E-state index contributed by atoms with van der Waals surface area (Å²) in [6.45, 7) is 1.55. The molecule has 0 saturated carbocycles. The SMILES string of the molecule is Cc1cc(Cl)ccc1OCC(=O)Nc1ccc(S(=O)(=O)NC(=O)O)cc1.NS(=O)(=O)c1ccccc1F. The summed E-state index contributed by atoms with van der Waals surface area (Å²) >= 11 is 5.84. The number of hydrogen-bond donors (Lipinski definition) is 4. The topological polar surface area (TPSA) is 182 Å². The minimum atomic E-state index is -4.16. The zero-order valence-electron chi connectivity index (χ0n) is 19.0. The zero-order chi connectivity index (χ0) is 27.8. The van der Waals surface area contributed by atoms with Crippen molar-refractivity contribution in [1.29, 1.82) is 0 Å². The fourth-order valence-electron chi connectivity index (χ4n) is 2.68. The lowest BCUT2D eigenvalue weighted by Gasteiger charge is -2.10. The van der Waals surface area contributed by atoms with Gasteiger partial charge in [0.05, 0.1) is 4.90 Å². The van der Waals surface area contributed by atoms with Crippen LogP contribution in [0.15, 0.2) is 76.5 Å². The zero-order valence-corrected chi connectivity index (χ0v) is 21.4. The van der Waals surface area contributed by atoms with Crippen molar-refractivity contribution < 1.29 is 40.7 Å². The van der Waals surface area contributed by atoms with E-state index >= 15 is 0 Å². The molecule has 3 aromatic rings. The Labute approximate surface area is 217 Å². The Bertz CT molecular complexity index is 1500. The van der Waals surface area contributed by atoms with E-state index in [1.54, 1.807) is 25.1 Å². The van der Waals surface area contributed by atoms with E-state index in [9.17, 15) is 30.8 Å². The monoisotopic (exact) mass is 573 g/mol. The number of carbonyl (C=O) groups is 2. The van der Waals surface area contributed by atoms with E-state index < -0.39 is 42.8 Å². The predicted octanol–water partition coefficient (Wildman–Crippen LogP) is 3.10. The number of aryl methyl sites for hydroxylation is 1. The number of benzene rings is 3. The third-order valence-electron chi connectivity index (χ3n) is 4.31. The molecule has 37 heavy (non-hydrogen) atoms. The molecule has 0 saturated heterocycles. The molecule has 198 valence electrons. The average molecular weight is 574 g/mol. The molecule has 0 aliphatic rings. The van der Waals surface area contributed by atoms with Crippen molar-refractivity contribution in [2.75, 3.05) is 11.9 Å². The van der Waals surface area contributed by atoms with Crippen molar-refractivity contribution >= 4 is 49.3 Å². The minimum absolute atomic E-state index is 0.245. The molecule has 0 atom stereocenters. The smallest absolute Gasteiger partial charge is 0.418 e. The number of halogens is 2. The number of nitrogens with two attached hydrogens (primary N) is 1. The second-order valence-corrected chi connectivity index (χ2v) is 10.8. The van der Waals surface area contributed by atoms with E-state index in [4.69, 9.17) is 21.4 Å². The van der Waals surface area contributed by atoms with Gasteiger partial charge < -0.3 is 15.2 Å². The van der Waals surface area contributed by atoms with Gasteiger partial charge in [-0.05, 0) is 67.1 Å². The molecule has 0 unspecified atom stereocenters. The van der Waals surface area contributed by atoms with Crippen molar-refractivity contribution in [1.82, 2.24) is 4.72 Å². The molecule has 5 N–H and O–H groups in total. The van der Waals surface area contributed by atoms with E-state index in [1.807, 2.05) is 0 Å². The van der Waals surface area contributed by atoms with E-state index in [0.29, 0.717) is 16.5 Å². The van der Waals surface area contributed by atoms with Crippen molar-refractivity contribution in [3.63, 3.8) is 0 Å². The summed E-state index contributed by atoms with van der Waals surface area (Å²) in [5.74, 6) is -0.751. The van der Waals surface area contributed by atoms with E-state index in [0.717, 1.165) is 17.7 Å². The molecule has 0 spiro atoms. The highest BCUT2D eigenvalue weighted by Crippen LogP contribution is 2.22. The average Bonchev–Trinajstić information content (AvgIpc) is 2.78. The van der Waals surface area contributed by atoms with Gasteiger partial charge in [-0.2, -0.15) is 0 Å². The van der Waals surface area contributed by atoms with Crippen LogP contribution in [0.5, 0.6) is 5.75 Å². The van der Waals surface area contributed by atoms with Gasteiger partial charge >= 0.3 is 6.09 Å². The third-order valence-corrected chi connectivity index (χ3v) is 6.82. The van der Waals surface area contributed by atoms with E-state index in [2.05, 4.69) is 10.5 Å². The van der Waals surface area contributed by atoms with Crippen LogP contribution in [-0.4, -0.2) is 40.5 Å². The third kappa shape index (κ3) is 9.34. The van der Waals surface area contributed by atoms with Crippen molar-refractivity contribution in [2.45, 2.75) is 16.7 Å². The van der Waals surface area contributed by atoms with E-state index in [1.165, 1.54) is 41.1 Å². The normalized spacial score (nSPS) is 11.0. The highest BCUT2D eigenvalue weighted by molar-refractivity contribution is 7.90. The first-order chi connectivity index (χ1) is 17.2. The molecular weight excluding hydrogens is 553 g/mol. The van der Waals surface area contributed by atoms with Crippen LogP contribution >= 0.6 is 11.6 Å². The van der Waals surface area contributed by atoms with Crippen LogP contribution in [0, 0.1) is 12.7 Å². The van der Waals surface area contributed by atoms with Gasteiger partial charge in [-0.3, -0.25) is 4.79 Å². The Balaban J connectivity index is 0.000000364. The number of sulfonamides is 2. The summed E-state index contributed by atoms with van der Waals surface area (Å²) < 4.78 is 64.0. The molecule has 0 fully saturated rings. The Morgan fingerprint density at radius 2 is 1.65 bits per heavy atom. The standard InChI is InChI=1S/C16H15ClN2O6S.C6H6FNO2S/c1-10-8-11(17)2-7-14(10)25-9-15(20)18-12-3-5-13(6-4-12)26(23,24)19-16(21)22;7-5-3-1-2-4-6(5)11(8,9)10/h2-8,19H,9H2,1H3,(H,18,20)(H,21,22);1-4H,(H2,8,9,10). The molecule has 0 aliphatic carbocycles. The Morgan fingerprint density at radius 3 is 2.16 bits per heavy atom. The molecule has 11 nitrogen and oxygen atoms in total. The summed E-state index contributed by atoms with van der Waals surface area (Å²) in [5, 5.41) is 16.3. The molecular formula is C22H21ClFN3O8S2. The van der Waals surface area contributed by atoms with Crippen LogP contribution < -0.4 is 19.9 Å². The van der Waals surface area contributed by atoms with Gasteiger partial charge in [0.25, 0.3) is 15.9 Å². The summed E-state index contributed by atoms with van der Waals surface area (Å²) in [4.78, 5) is 21.7. The van der Waals surface area contributed by atoms with Crippen LogP contribution in [-0.2, 0) is 24.8 Å². The number of rotatable bonds is 7. The highest BCUT2D eigenvalue weighted by atomic mass is 35.5. The van der Waals surface area contributed by atoms with Gasteiger partial charge in [0.2, 0.25) is 10.0 Å². The molecule has 0 bridgehead atoms. The number of ether oxygens (including phenoxy) is 1. The molecule has 0 radical (unpaired) electrons. The first kappa shape index (κ1) is 29.5. The maximum absolute atomic E-state index is 12.6. The Kier molecular flexibility index (Phi) is 9.96. The first-order valence-electron chi connectivity index (χ1n) is 10.0. The lowest BCUT2D eigenvalue weighted by atomic mass is 10.2. The predicted molar refractivity (Wildman–Crippen MR) is 133 cm³/mol. The molecule has 0 heterocycles. The maximum Gasteiger partial charge on any atom is 0.418 e. The highest BCUT2D eigenvalue weighted by Gasteiger charge is 2.17. The van der Waals surface area contributed by atoms with Crippen molar-refractivity contribution in [3.8, 4) is 5.75 Å². The second-order valence-electron chi connectivity index (χ2n) is 7.16. The van der Waals surface area contributed by atoms with Crippen molar-refractivity contribution in [3.05, 3.63) is 83.1 Å². The largest absolute Gasteiger partial charge is 0.483 e. The quantitative estimate of drug-likeness (QED) is 0.332. The van der Waals surface area contributed by atoms with Gasteiger partial charge in [-0.15, -0.1) is 0 Å². The molecule has 3 aromatic carbocycles. The van der Waals surface area contributed by atoms with Crippen LogP contribution in [0.4, 0.5) is 14.9 Å². The lowest BCUT2D eigenvalue weighted by Crippen LogP contribution is -2.28. The summed E-state index contributed by atoms with van der Waals surface area (Å²) in [5.41, 5.74) is 1.12. The van der Waals surface area contributed by atoms with Gasteiger partial charge in [0.15, 0.2) is 6.61 Å². The number of carboxylic acid groups (broad SMARTS) is 1. The summed E-state index contributed by atoms with van der Waals surface area (Å²) in [7, 11) is -8.07.